The van der Waals surface area contributed by atoms with Gasteiger partial charge >= 0.3 is 0 Å². The summed E-state index contributed by atoms with van der Waals surface area (Å²) < 4.78 is 5.43. The molecule has 2 rings (SSSR count). The third-order valence-electron chi connectivity index (χ3n) is 2.47. The molecule has 6 heteroatoms. The molecule has 1 unspecified atom stereocenters. The third kappa shape index (κ3) is 2.15. The summed E-state index contributed by atoms with van der Waals surface area (Å²) in [7, 11) is 0. The Morgan fingerprint density at radius 3 is 3.12 bits per heavy atom. The van der Waals surface area contributed by atoms with Gasteiger partial charge in [-0.1, -0.05) is 11.6 Å². The molecule has 2 heterocycles. The summed E-state index contributed by atoms with van der Waals surface area (Å²) in [6, 6.07) is 0. The maximum absolute atomic E-state index is 10.9. The monoisotopic (exact) mass is 241 g/mol. The predicted molar refractivity (Wildman–Crippen MR) is 60.1 cm³/mol. The molecule has 86 valence electrons. The molecular formula is C10H12ClN3O2. The van der Waals surface area contributed by atoms with Crippen LogP contribution >= 0.6 is 11.6 Å². The number of nitrogens with zero attached hydrogens (tertiary/aromatic N) is 3. The van der Waals surface area contributed by atoms with Crippen LogP contribution in [0.15, 0.2) is 6.33 Å². The highest BCUT2D eigenvalue weighted by Crippen LogP contribution is 2.22. The van der Waals surface area contributed by atoms with Gasteiger partial charge < -0.3 is 9.64 Å². The number of aromatic nitrogens is 2. The average molecular weight is 242 g/mol. The fourth-order valence-electron chi connectivity index (χ4n) is 1.73. The van der Waals surface area contributed by atoms with Crippen LogP contribution in [0.2, 0.25) is 5.15 Å². The molecule has 1 atom stereocenters. The molecule has 1 aliphatic rings. The first-order valence-electron chi connectivity index (χ1n) is 5.04. The van der Waals surface area contributed by atoms with Gasteiger partial charge in [0.25, 0.3) is 0 Å². The van der Waals surface area contributed by atoms with Crippen LogP contribution in [0.25, 0.3) is 0 Å². The lowest BCUT2D eigenvalue weighted by atomic mass is 10.2. The molecule has 0 aromatic carbocycles. The maximum atomic E-state index is 10.9. The fraction of sp³-hybridized carbons (Fsp3) is 0.500. The minimum atomic E-state index is 0.127. The Labute approximate surface area is 98.4 Å². The lowest BCUT2D eigenvalue weighted by Gasteiger charge is -2.32. The number of ether oxygens (including phenoxy) is 1. The number of carbonyl (C=O) groups is 1. The summed E-state index contributed by atoms with van der Waals surface area (Å²) in [5, 5.41) is 0.194. The van der Waals surface area contributed by atoms with Crippen molar-refractivity contribution in [3.8, 4) is 0 Å². The highest BCUT2D eigenvalue weighted by Gasteiger charge is 2.21. The molecule has 1 saturated heterocycles. The second-order valence-corrected chi connectivity index (χ2v) is 4.01. The fourth-order valence-corrected chi connectivity index (χ4v) is 1.90. The molecule has 0 saturated carbocycles. The SMILES string of the molecule is CC1CN(c2ncnc(Cl)c2C=O)CCO1. The Morgan fingerprint density at radius 1 is 1.62 bits per heavy atom. The Morgan fingerprint density at radius 2 is 2.44 bits per heavy atom. The largest absolute Gasteiger partial charge is 0.375 e. The molecular weight excluding hydrogens is 230 g/mol. The third-order valence-corrected chi connectivity index (χ3v) is 2.77. The van der Waals surface area contributed by atoms with Gasteiger partial charge in [-0.25, -0.2) is 9.97 Å². The molecule has 5 nitrogen and oxygen atoms in total. The van der Waals surface area contributed by atoms with E-state index in [0.717, 1.165) is 0 Å². The molecule has 0 spiro atoms. The molecule has 0 N–H and O–H groups in total. The predicted octanol–water partition coefficient (Wildman–Crippen LogP) is 1.17. The van der Waals surface area contributed by atoms with E-state index >= 15 is 0 Å². The summed E-state index contributed by atoms with van der Waals surface area (Å²) in [4.78, 5) is 20.8. The van der Waals surface area contributed by atoms with Crippen molar-refractivity contribution in [2.24, 2.45) is 0 Å². The van der Waals surface area contributed by atoms with Crippen LogP contribution in [0, 0.1) is 0 Å². The van der Waals surface area contributed by atoms with Crippen molar-refractivity contribution in [1.82, 2.24) is 9.97 Å². The highest BCUT2D eigenvalue weighted by molar-refractivity contribution is 6.32. The van der Waals surface area contributed by atoms with E-state index in [1.54, 1.807) is 0 Å². The Hall–Kier alpha value is -1.20. The van der Waals surface area contributed by atoms with Crippen LogP contribution in [0.5, 0.6) is 0 Å². The standard InChI is InChI=1S/C10H12ClN3O2/c1-7-4-14(2-3-16-7)10-8(5-15)9(11)12-6-13-10/h5-7H,2-4H2,1H3. The number of hydrogen-bond acceptors (Lipinski definition) is 5. The van der Waals surface area contributed by atoms with Crippen LogP contribution in [0.4, 0.5) is 5.82 Å². The van der Waals surface area contributed by atoms with E-state index in [-0.39, 0.29) is 11.3 Å². The summed E-state index contributed by atoms with van der Waals surface area (Å²) in [6.45, 7) is 4.02. The normalized spacial score (nSPS) is 20.9. The molecule has 0 amide bonds. The second kappa shape index (κ2) is 4.76. The Balaban J connectivity index is 2.32. The number of aldehydes is 1. The van der Waals surface area contributed by atoms with Gasteiger partial charge in [-0.2, -0.15) is 0 Å². The lowest BCUT2D eigenvalue weighted by molar-refractivity contribution is 0.0528. The van der Waals surface area contributed by atoms with Gasteiger partial charge in [-0.05, 0) is 6.92 Å². The Kier molecular flexibility index (Phi) is 3.36. The zero-order chi connectivity index (χ0) is 11.5. The van der Waals surface area contributed by atoms with Gasteiger partial charge in [0.05, 0.1) is 18.3 Å². The quantitative estimate of drug-likeness (QED) is 0.575. The number of carbonyl (C=O) groups excluding carboxylic acids is 1. The minimum Gasteiger partial charge on any atom is -0.375 e. The van der Waals surface area contributed by atoms with Gasteiger partial charge in [0, 0.05) is 13.1 Å². The zero-order valence-electron chi connectivity index (χ0n) is 8.89. The molecule has 1 aliphatic heterocycles. The topological polar surface area (TPSA) is 55.3 Å². The first-order valence-corrected chi connectivity index (χ1v) is 5.42. The van der Waals surface area contributed by atoms with Crippen molar-refractivity contribution in [3.63, 3.8) is 0 Å². The lowest BCUT2D eigenvalue weighted by Crippen LogP contribution is -2.42. The van der Waals surface area contributed by atoms with Gasteiger partial charge in [0.2, 0.25) is 0 Å². The molecule has 0 bridgehead atoms. The molecule has 16 heavy (non-hydrogen) atoms. The highest BCUT2D eigenvalue weighted by atomic mass is 35.5. The number of anilines is 1. The van der Waals surface area contributed by atoms with E-state index < -0.39 is 0 Å². The van der Waals surface area contributed by atoms with Crippen LogP contribution in [0.1, 0.15) is 17.3 Å². The molecule has 1 aromatic rings. The van der Waals surface area contributed by atoms with Crippen molar-refractivity contribution in [2.75, 3.05) is 24.6 Å². The number of rotatable bonds is 2. The van der Waals surface area contributed by atoms with Crippen LogP contribution in [0.3, 0.4) is 0 Å². The van der Waals surface area contributed by atoms with Crippen molar-refractivity contribution in [3.05, 3.63) is 17.0 Å². The average Bonchev–Trinajstić information content (AvgIpc) is 2.28. The number of morpholine rings is 1. The Bertz CT molecular complexity index is 400. The zero-order valence-corrected chi connectivity index (χ0v) is 9.65. The van der Waals surface area contributed by atoms with Crippen LogP contribution < -0.4 is 4.90 Å². The second-order valence-electron chi connectivity index (χ2n) is 3.65. The smallest absolute Gasteiger partial charge is 0.156 e. The summed E-state index contributed by atoms with van der Waals surface area (Å²) in [6.07, 6.45) is 2.18. The minimum absolute atomic E-state index is 0.127. The maximum Gasteiger partial charge on any atom is 0.156 e. The first-order chi connectivity index (χ1) is 7.72. The van der Waals surface area contributed by atoms with Gasteiger partial charge in [0.1, 0.15) is 17.3 Å². The van der Waals surface area contributed by atoms with E-state index in [1.165, 1.54) is 6.33 Å². The molecule has 0 radical (unpaired) electrons. The van der Waals surface area contributed by atoms with E-state index in [2.05, 4.69) is 9.97 Å². The van der Waals surface area contributed by atoms with E-state index in [9.17, 15) is 4.79 Å². The number of halogens is 1. The molecule has 0 aliphatic carbocycles. The first kappa shape index (κ1) is 11.3. The van der Waals surface area contributed by atoms with E-state index in [1.807, 2.05) is 11.8 Å². The summed E-state index contributed by atoms with van der Waals surface area (Å²) in [5.41, 5.74) is 0.346. The summed E-state index contributed by atoms with van der Waals surface area (Å²) >= 11 is 5.84. The van der Waals surface area contributed by atoms with E-state index in [4.69, 9.17) is 16.3 Å². The van der Waals surface area contributed by atoms with E-state index in [0.29, 0.717) is 37.4 Å². The van der Waals surface area contributed by atoms with Gasteiger partial charge in [0.15, 0.2) is 6.29 Å². The van der Waals surface area contributed by atoms with Gasteiger partial charge in [-0.3, -0.25) is 4.79 Å². The van der Waals surface area contributed by atoms with Crippen molar-refractivity contribution in [2.45, 2.75) is 13.0 Å². The molecule has 1 aromatic heterocycles. The van der Waals surface area contributed by atoms with Crippen molar-refractivity contribution < 1.29 is 9.53 Å². The van der Waals surface area contributed by atoms with Crippen molar-refractivity contribution >= 4 is 23.7 Å². The van der Waals surface area contributed by atoms with Crippen LogP contribution in [-0.2, 0) is 4.74 Å². The van der Waals surface area contributed by atoms with Crippen molar-refractivity contribution in [1.29, 1.82) is 0 Å². The van der Waals surface area contributed by atoms with Gasteiger partial charge in [-0.15, -0.1) is 0 Å². The summed E-state index contributed by atoms with van der Waals surface area (Å²) in [5.74, 6) is 0.588. The van der Waals surface area contributed by atoms with Crippen LogP contribution in [-0.4, -0.2) is 42.1 Å². The number of hydrogen-bond donors (Lipinski definition) is 0. The molecule has 1 fully saturated rings.